The van der Waals surface area contributed by atoms with Crippen molar-refractivity contribution in [2.24, 2.45) is 11.7 Å². The monoisotopic (exact) mass is 276 g/mol. The van der Waals surface area contributed by atoms with Gasteiger partial charge < -0.3 is 15.6 Å². The molecule has 18 heavy (non-hydrogen) atoms. The van der Waals surface area contributed by atoms with Gasteiger partial charge in [0.25, 0.3) is 0 Å². The van der Waals surface area contributed by atoms with E-state index in [4.69, 9.17) is 10.3 Å². The molecule has 0 bridgehead atoms. The summed E-state index contributed by atoms with van der Waals surface area (Å²) in [4.78, 5) is 15.6. The average molecular weight is 277 g/mol. The van der Waals surface area contributed by atoms with Crippen LogP contribution in [0.15, 0.2) is 4.52 Å². The minimum atomic E-state index is -0.445. The average Bonchev–Trinajstić information content (AvgIpc) is 2.63. The molecule has 7 heteroatoms. The maximum Gasteiger partial charge on any atom is 0.236 e. The van der Waals surface area contributed by atoms with Gasteiger partial charge in [-0.1, -0.05) is 19.0 Å². The SMILES string of the molecule is Cc1noc(CCNC(=O)[C@@H](N)CC(C)C)n1.Cl. The second-order valence-electron chi connectivity index (χ2n) is 4.51. The molecule has 1 heterocycles. The minimum Gasteiger partial charge on any atom is -0.354 e. The van der Waals surface area contributed by atoms with Crippen LogP contribution in [0.1, 0.15) is 32.0 Å². The van der Waals surface area contributed by atoms with E-state index < -0.39 is 6.04 Å². The van der Waals surface area contributed by atoms with Crippen LogP contribution in [0.5, 0.6) is 0 Å². The first kappa shape index (κ1) is 16.9. The lowest BCUT2D eigenvalue weighted by atomic mass is 10.0. The van der Waals surface area contributed by atoms with Crippen molar-refractivity contribution in [2.45, 2.75) is 39.7 Å². The highest BCUT2D eigenvalue weighted by atomic mass is 35.5. The molecule has 6 nitrogen and oxygen atoms in total. The number of nitrogens with zero attached hydrogens (tertiary/aromatic N) is 2. The summed E-state index contributed by atoms with van der Waals surface area (Å²) in [5, 5.41) is 6.42. The lowest BCUT2D eigenvalue weighted by Crippen LogP contribution is -2.42. The number of hydrogen-bond donors (Lipinski definition) is 2. The first-order valence-corrected chi connectivity index (χ1v) is 5.81. The molecule has 1 amide bonds. The molecule has 0 aliphatic carbocycles. The number of halogens is 1. The van der Waals surface area contributed by atoms with Crippen molar-refractivity contribution in [2.75, 3.05) is 6.54 Å². The van der Waals surface area contributed by atoms with Crippen molar-refractivity contribution in [3.8, 4) is 0 Å². The molecule has 0 unspecified atom stereocenters. The van der Waals surface area contributed by atoms with E-state index in [-0.39, 0.29) is 18.3 Å². The van der Waals surface area contributed by atoms with Crippen molar-refractivity contribution < 1.29 is 9.32 Å². The Bertz CT molecular complexity index is 368. The van der Waals surface area contributed by atoms with Crippen molar-refractivity contribution in [3.05, 3.63) is 11.7 Å². The largest absolute Gasteiger partial charge is 0.354 e. The number of hydrogen-bond acceptors (Lipinski definition) is 5. The van der Waals surface area contributed by atoms with E-state index in [0.717, 1.165) is 0 Å². The van der Waals surface area contributed by atoms with Crippen molar-refractivity contribution in [1.82, 2.24) is 15.5 Å². The van der Waals surface area contributed by atoms with Crippen LogP contribution in [0, 0.1) is 12.8 Å². The Hall–Kier alpha value is -1.14. The topological polar surface area (TPSA) is 94.0 Å². The van der Waals surface area contributed by atoms with E-state index in [2.05, 4.69) is 15.5 Å². The highest BCUT2D eigenvalue weighted by Crippen LogP contribution is 2.02. The molecule has 1 rings (SSSR count). The summed E-state index contributed by atoms with van der Waals surface area (Å²) in [5.74, 6) is 1.41. The van der Waals surface area contributed by atoms with Gasteiger partial charge in [-0.05, 0) is 19.3 Å². The van der Waals surface area contributed by atoms with Crippen molar-refractivity contribution >= 4 is 18.3 Å². The quantitative estimate of drug-likeness (QED) is 0.803. The molecule has 0 aliphatic rings. The Morgan fingerprint density at radius 3 is 2.67 bits per heavy atom. The molecule has 0 aromatic carbocycles. The third kappa shape index (κ3) is 5.97. The van der Waals surface area contributed by atoms with Crippen LogP contribution in [0.4, 0.5) is 0 Å². The summed E-state index contributed by atoms with van der Waals surface area (Å²) in [5.41, 5.74) is 5.74. The predicted octanol–water partition coefficient (Wildman–Crippen LogP) is 0.832. The molecule has 0 aliphatic heterocycles. The summed E-state index contributed by atoms with van der Waals surface area (Å²) >= 11 is 0. The van der Waals surface area contributed by atoms with Gasteiger partial charge in [-0.3, -0.25) is 4.79 Å². The van der Waals surface area contributed by atoms with Crippen LogP contribution < -0.4 is 11.1 Å². The summed E-state index contributed by atoms with van der Waals surface area (Å²) in [6, 6.07) is -0.445. The fraction of sp³-hybridized carbons (Fsp3) is 0.727. The number of aromatic nitrogens is 2. The Morgan fingerprint density at radius 1 is 1.50 bits per heavy atom. The number of aryl methyl sites for hydroxylation is 1. The molecule has 1 atom stereocenters. The molecule has 1 aromatic rings. The third-order valence-electron chi connectivity index (χ3n) is 2.27. The number of rotatable bonds is 6. The van der Waals surface area contributed by atoms with Gasteiger partial charge in [0.15, 0.2) is 5.82 Å². The van der Waals surface area contributed by atoms with Gasteiger partial charge in [0.05, 0.1) is 6.04 Å². The van der Waals surface area contributed by atoms with E-state index in [0.29, 0.717) is 37.0 Å². The second-order valence-corrected chi connectivity index (χ2v) is 4.51. The highest BCUT2D eigenvalue weighted by molar-refractivity contribution is 5.85. The molecular weight excluding hydrogens is 256 g/mol. The Morgan fingerprint density at radius 2 is 2.17 bits per heavy atom. The van der Waals surface area contributed by atoms with Crippen LogP contribution in [-0.4, -0.2) is 28.6 Å². The van der Waals surface area contributed by atoms with Gasteiger partial charge in [-0.25, -0.2) is 0 Å². The summed E-state index contributed by atoms with van der Waals surface area (Å²) in [6.45, 7) is 6.29. The van der Waals surface area contributed by atoms with Crippen molar-refractivity contribution in [3.63, 3.8) is 0 Å². The zero-order valence-corrected chi connectivity index (χ0v) is 11.8. The fourth-order valence-corrected chi connectivity index (χ4v) is 1.48. The molecule has 0 saturated heterocycles. The third-order valence-corrected chi connectivity index (χ3v) is 2.27. The lowest BCUT2D eigenvalue weighted by molar-refractivity contribution is -0.122. The molecule has 0 spiro atoms. The molecule has 104 valence electrons. The van der Waals surface area contributed by atoms with E-state index in [1.54, 1.807) is 6.92 Å². The normalized spacial score (nSPS) is 12.1. The first-order chi connectivity index (χ1) is 7.99. The molecule has 1 aromatic heterocycles. The lowest BCUT2D eigenvalue weighted by Gasteiger charge is -2.13. The van der Waals surface area contributed by atoms with Crippen LogP contribution in [0.3, 0.4) is 0 Å². The molecular formula is C11H21ClN4O2. The predicted molar refractivity (Wildman–Crippen MR) is 70.4 cm³/mol. The van der Waals surface area contributed by atoms with Gasteiger partial charge in [0.1, 0.15) is 0 Å². The van der Waals surface area contributed by atoms with Crippen molar-refractivity contribution in [1.29, 1.82) is 0 Å². The standard InChI is InChI=1S/C11H20N4O2.ClH/c1-7(2)6-9(12)11(16)13-5-4-10-14-8(3)15-17-10;/h7,9H,4-6,12H2,1-3H3,(H,13,16);1H/t9-;/m0./s1. The van der Waals surface area contributed by atoms with Gasteiger partial charge in [-0.2, -0.15) is 4.98 Å². The van der Waals surface area contributed by atoms with E-state index in [1.165, 1.54) is 0 Å². The van der Waals surface area contributed by atoms with Gasteiger partial charge in [0, 0.05) is 13.0 Å². The Kier molecular flexibility index (Phi) is 7.54. The fourth-order valence-electron chi connectivity index (χ4n) is 1.48. The smallest absolute Gasteiger partial charge is 0.236 e. The van der Waals surface area contributed by atoms with E-state index in [9.17, 15) is 4.79 Å². The van der Waals surface area contributed by atoms with Crippen LogP contribution in [0.2, 0.25) is 0 Å². The summed E-state index contributed by atoms with van der Waals surface area (Å²) in [6.07, 6.45) is 1.21. The molecule has 0 fully saturated rings. The van der Waals surface area contributed by atoms with Gasteiger partial charge in [0.2, 0.25) is 11.8 Å². The first-order valence-electron chi connectivity index (χ1n) is 5.81. The maximum atomic E-state index is 11.6. The zero-order valence-electron chi connectivity index (χ0n) is 11.0. The van der Waals surface area contributed by atoms with E-state index >= 15 is 0 Å². The van der Waals surface area contributed by atoms with Gasteiger partial charge in [-0.15, -0.1) is 12.4 Å². The highest BCUT2D eigenvalue weighted by Gasteiger charge is 2.14. The van der Waals surface area contributed by atoms with Gasteiger partial charge >= 0.3 is 0 Å². The van der Waals surface area contributed by atoms with Crippen LogP contribution in [-0.2, 0) is 11.2 Å². The zero-order chi connectivity index (χ0) is 12.8. The number of nitrogens with two attached hydrogens (primary N) is 1. The maximum absolute atomic E-state index is 11.6. The number of nitrogens with one attached hydrogen (secondary N) is 1. The van der Waals surface area contributed by atoms with E-state index in [1.807, 2.05) is 13.8 Å². The Labute approximate surface area is 113 Å². The molecule has 3 N–H and O–H groups in total. The second kappa shape index (κ2) is 8.05. The number of carbonyl (C=O) groups is 1. The minimum absolute atomic E-state index is 0. The number of amides is 1. The molecule has 0 radical (unpaired) electrons. The summed E-state index contributed by atoms with van der Waals surface area (Å²) < 4.78 is 4.93. The van der Waals surface area contributed by atoms with Crippen LogP contribution >= 0.6 is 12.4 Å². The van der Waals surface area contributed by atoms with Crippen LogP contribution in [0.25, 0.3) is 0 Å². The molecule has 0 saturated carbocycles. The summed E-state index contributed by atoms with van der Waals surface area (Å²) in [7, 11) is 0. The number of carbonyl (C=O) groups excluding carboxylic acids is 1. The Balaban J connectivity index is 0.00000289.